The molecule has 0 saturated heterocycles. The van der Waals surface area contributed by atoms with Crippen LogP contribution in [0.5, 0.6) is 0 Å². The molecule has 0 unspecified atom stereocenters. The van der Waals surface area contributed by atoms with Crippen molar-refractivity contribution in [3.05, 3.63) is 57.9 Å². The molecule has 0 spiro atoms. The van der Waals surface area contributed by atoms with Crippen LogP contribution in [0.25, 0.3) is 0 Å². The van der Waals surface area contributed by atoms with Gasteiger partial charge in [0, 0.05) is 32.0 Å². The van der Waals surface area contributed by atoms with Crippen molar-refractivity contribution in [2.75, 3.05) is 25.6 Å². The van der Waals surface area contributed by atoms with Gasteiger partial charge in [-0.1, -0.05) is 17.7 Å². The lowest BCUT2D eigenvalue weighted by Crippen LogP contribution is -2.26. The van der Waals surface area contributed by atoms with E-state index in [0.717, 1.165) is 11.1 Å². The smallest absolute Gasteiger partial charge is 0.274 e. The molecule has 0 aliphatic carbocycles. The summed E-state index contributed by atoms with van der Waals surface area (Å²) in [5, 5.41) is 6.00. The van der Waals surface area contributed by atoms with E-state index in [1.54, 1.807) is 19.2 Å². The van der Waals surface area contributed by atoms with Crippen molar-refractivity contribution in [3.63, 3.8) is 0 Å². The lowest BCUT2D eigenvalue weighted by atomic mass is 10.1. The number of carbonyl (C=O) groups excluding carboxylic acids is 2. The average Bonchev–Trinajstić information content (AvgIpc) is 2.61. The minimum Gasteiger partial charge on any atom is -0.385 e. The molecule has 0 fully saturated rings. The molecule has 0 bridgehead atoms. The molecule has 7 heteroatoms. The standard InChI is InChI=1S/C19H22ClN3O3/c1-12-9-13(2)17(15(20)10-12)23-19(25)16-11-14(5-7-21-16)18(24)22-6-4-8-26-3/h5,7,9-11H,4,6,8H2,1-3H3,(H,22,24)(H,23,25). The molecule has 26 heavy (non-hydrogen) atoms. The molecule has 0 aliphatic heterocycles. The molecule has 0 aliphatic rings. The van der Waals surface area contributed by atoms with E-state index in [1.165, 1.54) is 12.3 Å². The summed E-state index contributed by atoms with van der Waals surface area (Å²) in [5.74, 6) is -0.685. The summed E-state index contributed by atoms with van der Waals surface area (Å²) in [6, 6.07) is 6.73. The first kappa shape index (κ1) is 19.9. The second-order valence-electron chi connectivity index (χ2n) is 5.92. The van der Waals surface area contributed by atoms with Crippen molar-refractivity contribution in [3.8, 4) is 0 Å². The summed E-state index contributed by atoms with van der Waals surface area (Å²) < 4.78 is 4.94. The maximum absolute atomic E-state index is 12.5. The van der Waals surface area contributed by atoms with Crippen molar-refractivity contribution >= 4 is 29.1 Å². The Labute approximate surface area is 157 Å². The van der Waals surface area contributed by atoms with Gasteiger partial charge in [-0.15, -0.1) is 0 Å². The lowest BCUT2D eigenvalue weighted by molar-refractivity contribution is 0.0948. The van der Waals surface area contributed by atoms with Crippen molar-refractivity contribution in [2.24, 2.45) is 0 Å². The van der Waals surface area contributed by atoms with Crippen LogP contribution < -0.4 is 10.6 Å². The zero-order valence-corrected chi connectivity index (χ0v) is 15.8. The highest BCUT2D eigenvalue weighted by Gasteiger charge is 2.14. The van der Waals surface area contributed by atoms with Gasteiger partial charge in [-0.05, 0) is 49.6 Å². The van der Waals surface area contributed by atoms with Gasteiger partial charge < -0.3 is 15.4 Å². The number of amides is 2. The van der Waals surface area contributed by atoms with Crippen LogP contribution >= 0.6 is 11.6 Å². The predicted molar refractivity (Wildman–Crippen MR) is 102 cm³/mol. The molecule has 2 aromatic rings. The summed E-state index contributed by atoms with van der Waals surface area (Å²) >= 11 is 6.22. The van der Waals surface area contributed by atoms with Gasteiger partial charge in [-0.3, -0.25) is 14.6 Å². The van der Waals surface area contributed by atoms with Gasteiger partial charge >= 0.3 is 0 Å². The third-order valence-electron chi connectivity index (χ3n) is 3.74. The normalized spacial score (nSPS) is 10.5. The van der Waals surface area contributed by atoms with Crippen LogP contribution in [0.1, 0.15) is 38.4 Å². The molecule has 0 saturated carbocycles. The predicted octanol–water partition coefficient (Wildman–Crippen LogP) is 3.37. The minimum atomic E-state index is -0.423. The fourth-order valence-electron chi connectivity index (χ4n) is 2.47. The monoisotopic (exact) mass is 375 g/mol. The molecule has 1 aromatic heterocycles. The first-order chi connectivity index (χ1) is 12.4. The molecular weight excluding hydrogens is 354 g/mol. The Balaban J connectivity index is 2.10. The fourth-order valence-corrected chi connectivity index (χ4v) is 2.84. The maximum atomic E-state index is 12.5. The topological polar surface area (TPSA) is 80.3 Å². The number of nitrogens with one attached hydrogen (secondary N) is 2. The van der Waals surface area contributed by atoms with Gasteiger partial charge in [0.25, 0.3) is 11.8 Å². The Morgan fingerprint density at radius 3 is 2.65 bits per heavy atom. The molecular formula is C19H22ClN3O3. The first-order valence-electron chi connectivity index (χ1n) is 8.23. The zero-order chi connectivity index (χ0) is 19.1. The van der Waals surface area contributed by atoms with Gasteiger partial charge in [0.2, 0.25) is 0 Å². The minimum absolute atomic E-state index is 0.144. The Kier molecular flexibility index (Phi) is 7.12. The van der Waals surface area contributed by atoms with E-state index < -0.39 is 5.91 Å². The number of ether oxygens (including phenoxy) is 1. The number of aryl methyl sites for hydroxylation is 2. The second-order valence-corrected chi connectivity index (χ2v) is 6.33. The number of hydrogen-bond donors (Lipinski definition) is 2. The molecule has 1 heterocycles. The number of pyridine rings is 1. The Morgan fingerprint density at radius 2 is 1.96 bits per heavy atom. The highest BCUT2D eigenvalue weighted by atomic mass is 35.5. The largest absolute Gasteiger partial charge is 0.385 e. The molecule has 1 aromatic carbocycles. The molecule has 0 atom stereocenters. The van der Waals surface area contributed by atoms with Gasteiger partial charge in [-0.25, -0.2) is 0 Å². The number of halogens is 1. The average molecular weight is 376 g/mol. The van der Waals surface area contributed by atoms with E-state index in [4.69, 9.17) is 16.3 Å². The quantitative estimate of drug-likeness (QED) is 0.727. The van der Waals surface area contributed by atoms with E-state index in [-0.39, 0.29) is 11.6 Å². The number of anilines is 1. The van der Waals surface area contributed by atoms with Gasteiger partial charge in [0.1, 0.15) is 5.69 Å². The van der Waals surface area contributed by atoms with Crippen molar-refractivity contribution in [1.82, 2.24) is 10.3 Å². The number of hydrogen-bond acceptors (Lipinski definition) is 4. The summed E-state index contributed by atoms with van der Waals surface area (Å²) in [6.07, 6.45) is 2.15. The van der Waals surface area contributed by atoms with E-state index in [9.17, 15) is 9.59 Å². The van der Waals surface area contributed by atoms with E-state index in [1.807, 2.05) is 19.9 Å². The van der Waals surface area contributed by atoms with Crippen LogP contribution in [-0.4, -0.2) is 37.1 Å². The highest BCUT2D eigenvalue weighted by Crippen LogP contribution is 2.27. The Bertz CT molecular complexity index is 785. The molecule has 2 N–H and O–H groups in total. The third-order valence-corrected chi connectivity index (χ3v) is 4.03. The summed E-state index contributed by atoms with van der Waals surface area (Å²) in [5.41, 5.74) is 2.92. The van der Waals surface area contributed by atoms with Crippen molar-refractivity contribution in [2.45, 2.75) is 20.3 Å². The van der Waals surface area contributed by atoms with Crippen LogP contribution in [0.3, 0.4) is 0 Å². The number of carbonyl (C=O) groups is 2. The van der Waals surface area contributed by atoms with Gasteiger partial charge in [0.15, 0.2) is 0 Å². The van der Waals surface area contributed by atoms with Crippen molar-refractivity contribution < 1.29 is 14.3 Å². The zero-order valence-electron chi connectivity index (χ0n) is 15.1. The molecule has 0 radical (unpaired) electrons. The van der Waals surface area contributed by atoms with E-state index in [0.29, 0.717) is 35.8 Å². The van der Waals surface area contributed by atoms with Crippen LogP contribution in [-0.2, 0) is 4.74 Å². The summed E-state index contributed by atoms with van der Waals surface area (Å²) in [6.45, 7) is 4.86. The van der Waals surface area contributed by atoms with E-state index >= 15 is 0 Å². The number of benzene rings is 1. The van der Waals surface area contributed by atoms with Gasteiger partial charge in [-0.2, -0.15) is 0 Å². The number of methoxy groups -OCH3 is 1. The molecule has 2 amide bonds. The Hall–Kier alpha value is -2.44. The highest BCUT2D eigenvalue weighted by molar-refractivity contribution is 6.34. The number of rotatable bonds is 7. The number of aromatic nitrogens is 1. The SMILES string of the molecule is COCCCNC(=O)c1ccnc(C(=O)Nc2c(C)cc(C)cc2Cl)c1. The lowest BCUT2D eigenvalue weighted by Gasteiger charge is -2.12. The molecule has 138 valence electrons. The third kappa shape index (κ3) is 5.28. The second kappa shape index (κ2) is 9.31. The molecule has 6 nitrogen and oxygen atoms in total. The number of nitrogens with zero attached hydrogens (tertiary/aromatic N) is 1. The summed E-state index contributed by atoms with van der Waals surface area (Å²) in [4.78, 5) is 28.7. The Morgan fingerprint density at radius 1 is 1.19 bits per heavy atom. The van der Waals surface area contributed by atoms with Crippen LogP contribution in [0.4, 0.5) is 5.69 Å². The van der Waals surface area contributed by atoms with E-state index in [2.05, 4.69) is 15.6 Å². The molecule has 2 rings (SSSR count). The summed E-state index contributed by atoms with van der Waals surface area (Å²) in [7, 11) is 1.61. The maximum Gasteiger partial charge on any atom is 0.274 e. The fraction of sp³-hybridized carbons (Fsp3) is 0.316. The van der Waals surface area contributed by atoms with Crippen molar-refractivity contribution in [1.29, 1.82) is 0 Å². The first-order valence-corrected chi connectivity index (χ1v) is 8.61. The van der Waals surface area contributed by atoms with Crippen LogP contribution in [0.15, 0.2) is 30.5 Å². The van der Waals surface area contributed by atoms with Gasteiger partial charge in [0.05, 0.1) is 10.7 Å². The van der Waals surface area contributed by atoms with Crippen LogP contribution in [0, 0.1) is 13.8 Å². The van der Waals surface area contributed by atoms with Crippen LogP contribution in [0.2, 0.25) is 5.02 Å².